The van der Waals surface area contributed by atoms with Crippen LogP contribution in [0.2, 0.25) is 0 Å². The Bertz CT molecular complexity index is 584. The third-order valence-electron chi connectivity index (χ3n) is 2.88. The Morgan fingerprint density at radius 1 is 1.33 bits per heavy atom. The first-order valence-corrected chi connectivity index (χ1v) is 8.23. The molecule has 118 valence electrons. The molecule has 6 nitrogen and oxygen atoms in total. The molecule has 0 fully saturated rings. The van der Waals surface area contributed by atoms with Gasteiger partial charge in [0.05, 0.1) is 12.1 Å². The number of benzene rings is 1. The van der Waals surface area contributed by atoms with Crippen LogP contribution in [0, 0.1) is 12.8 Å². The Morgan fingerprint density at radius 3 is 2.48 bits per heavy atom. The highest BCUT2D eigenvalue weighted by atomic mass is 32.2. The molecule has 0 spiro atoms. The number of hydrogen-bond acceptors (Lipinski definition) is 3. The van der Waals surface area contributed by atoms with Crippen molar-refractivity contribution < 1.29 is 18.3 Å². The maximum Gasteiger partial charge on any atom is 0.305 e. The Balaban J connectivity index is 3.07. The molecule has 0 aliphatic carbocycles. The summed E-state index contributed by atoms with van der Waals surface area (Å²) >= 11 is 0. The minimum absolute atomic E-state index is 0.104. The Hall–Kier alpha value is -1.60. The Labute approximate surface area is 126 Å². The summed E-state index contributed by atoms with van der Waals surface area (Å²) < 4.78 is 28.5. The molecule has 1 aromatic rings. The van der Waals surface area contributed by atoms with Crippen molar-refractivity contribution in [2.45, 2.75) is 27.2 Å². The number of para-hydroxylation sites is 1. The lowest BCUT2D eigenvalue weighted by molar-refractivity contribution is -0.136. The topological polar surface area (TPSA) is 86.7 Å². The van der Waals surface area contributed by atoms with Gasteiger partial charge in [0.1, 0.15) is 0 Å². The molecule has 2 N–H and O–H groups in total. The number of nitrogens with one attached hydrogen (secondary N) is 1. The van der Waals surface area contributed by atoms with Crippen LogP contribution in [-0.2, 0) is 15.0 Å². The summed E-state index contributed by atoms with van der Waals surface area (Å²) in [6.07, 6.45) is -0.253. The van der Waals surface area contributed by atoms with Crippen molar-refractivity contribution in [3.05, 3.63) is 29.8 Å². The average molecular weight is 314 g/mol. The van der Waals surface area contributed by atoms with Gasteiger partial charge < -0.3 is 5.11 Å². The summed E-state index contributed by atoms with van der Waals surface area (Å²) in [6, 6.07) is 7.00. The zero-order chi connectivity index (χ0) is 16.0. The molecular formula is C14H22N2O4S. The zero-order valence-electron chi connectivity index (χ0n) is 12.5. The minimum Gasteiger partial charge on any atom is -0.481 e. The molecule has 0 saturated heterocycles. The predicted molar refractivity (Wildman–Crippen MR) is 82.5 cm³/mol. The fourth-order valence-corrected chi connectivity index (χ4v) is 3.26. The van der Waals surface area contributed by atoms with Crippen molar-refractivity contribution in [2.24, 2.45) is 5.92 Å². The van der Waals surface area contributed by atoms with Crippen LogP contribution in [0.1, 0.15) is 25.8 Å². The van der Waals surface area contributed by atoms with Crippen LogP contribution >= 0.6 is 0 Å². The van der Waals surface area contributed by atoms with Gasteiger partial charge in [0.15, 0.2) is 0 Å². The van der Waals surface area contributed by atoms with Gasteiger partial charge in [0.25, 0.3) is 0 Å². The number of rotatable bonds is 8. The van der Waals surface area contributed by atoms with E-state index in [1.54, 1.807) is 25.1 Å². The molecule has 0 radical (unpaired) electrons. The van der Waals surface area contributed by atoms with Crippen LogP contribution in [0.3, 0.4) is 0 Å². The third-order valence-corrected chi connectivity index (χ3v) is 4.37. The molecule has 1 rings (SSSR count). The van der Waals surface area contributed by atoms with E-state index in [-0.39, 0.29) is 18.9 Å². The van der Waals surface area contributed by atoms with Crippen molar-refractivity contribution in [3.8, 4) is 0 Å². The van der Waals surface area contributed by atoms with Crippen LogP contribution in [0.5, 0.6) is 0 Å². The zero-order valence-corrected chi connectivity index (χ0v) is 13.4. The van der Waals surface area contributed by atoms with Gasteiger partial charge in [0, 0.05) is 13.1 Å². The van der Waals surface area contributed by atoms with Gasteiger partial charge >= 0.3 is 16.2 Å². The highest BCUT2D eigenvalue weighted by Gasteiger charge is 2.24. The van der Waals surface area contributed by atoms with Crippen molar-refractivity contribution in [1.29, 1.82) is 0 Å². The lowest BCUT2D eigenvalue weighted by Crippen LogP contribution is -2.43. The number of carboxylic acid groups (broad SMARTS) is 1. The molecule has 21 heavy (non-hydrogen) atoms. The maximum atomic E-state index is 12.4. The van der Waals surface area contributed by atoms with Gasteiger partial charge in [-0.1, -0.05) is 32.0 Å². The summed E-state index contributed by atoms with van der Waals surface area (Å²) in [4.78, 5) is 10.8. The monoisotopic (exact) mass is 314 g/mol. The van der Waals surface area contributed by atoms with Gasteiger partial charge in [-0.25, -0.2) is 0 Å². The average Bonchev–Trinajstić information content (AvgIpc) is 2.38. The number of anilines is 1. The van der Waals surface area contributed by atoms with Crippen LogP contribution < -0.4 is 9.03 Å². The summed E-state index contributed by atoms with van der Waals surface area (Å²) in [5, 5.41) is 8.82. The molecule has 0 unspecified atom stereocenters. The standard InChI is InChI=1S/C14H22N2O4S/c1-11(2)10-15-21(19,20)16(9-8-14(17)18)13-7-5-4-6-12(13)3/h4-7,11,15H,8-10H2,1-3H3,(H,17,18). The SMILES string of the molecule is Cc1ccccc1N(CCC(=O)O)S(=O)(=O)NCC(C)C. The summed E-state index contributed by atoms with van der Waals surface area (Å²) in [5.41, 5.74) is 1.27. The summed E-state index contributed by atoms with van der Waals surface area (Å²) in [7, 11) is -3.77. The molecule has 1 aromatic carbocycles. The van der Waals surface area contributed by atoms with Gasteiger partial charge in [-0.2, -0.15) is 13.1 Å². The maximum absolute atomic E-state index is 12.4. The summed E-state index contributed by atoms with van der Waals surface area (Å²) in [5.74, 6) is -0.870. The van der Waals surface area contributed by atoms with Crippen LogP contribution in [0.25, 0.3) is 0 Å². The third kappa shape index (κ3) is 5.35. The van der Waals surface area contributed by atoms with E-state index < -0.39 is 16.2 Å². The molecule has 0 heterocycles. The number of carbonyl (C=O) groups is 1. The lowest BCUT2D eigenvalue weighted by atomic mass is 10.2. The number of nitrogens with zero attached hydrogens (tertiary/aromatic N) is 1. The van der Waals surface area contributed by atoms with E-state index in [1.807, 2.05) is 19.9 Å². The summed E-state index contributed by atoms with van der Waals surface area (Å²) in [6.45, 7) is 5.79. The largest absolute Gasteiger partial charge is 0.481 e. The second-order valence-corrected chi connectivity index (χ2v) is 6.93. The van der Waals surface area contributed by atoms with E-state index in [0.717, 1.165) is 9.87 Å². The van der Waals surface area contributed by atoms with Crippen molar-refractivity contribution in [3.63, 3.8) is 0 Å². The van der Waals surface area contributed by atoms with Crippen LogP contribution in [-0.4, -0.2) is 32.6 Å². The molecule has 0 aliphatic rings. The predicted octanol–water partition coefficient (Wildman–Crippen LogP) is 1.77. The van der Waals surface area contributed by atoms with Crippen LogP contribution in [0.15, 0.2) is 24.3 Å². The van der Waals surface area contributed by atoms with E-state index in [4.69, 9.17) is 5.11 Å². The highest BCUT2D eigenvalue weighted by molar-refractivity contribution is 7.90. The molecular weight excluding hydrogens is 292 g/mol. The van der Waals surface area contributed by atoms with Crippen molar-refractivity contribution in [1.82, 2.24) is 4.72 Å². The first-order chi connectivity index (χ1) is 9.74. The van der Waals surface area contributed by atoms with E-state index in [0.29, 0.717) is 12.2 Å². The molecule has 0 bridgehead atoms. The smallest absolute Gasteiger partial charge is 0.305 e. The lowest BCUT2D eigenvalue weighted by Gasteiger charge is -2.26. The first kappa shape index (κ1) is 17.5. The van der Waals surface area contributed by atoms with Crippen molar-refractivity contribution >= 4 is 21.9 Å². The van der Waals surface area contributed by atoms with Gasteiger partial charge in [-0.3, -0.25) is 9.10 Å². The Morgan fingerprint density at radius 2 is 1.95 bits per heavy atom. The van der Waals surface area contributed by atoms with Gasteiger partial charge in [-0.15, -0.1) is 0 Å². The molecule has 0 saturated carbocycles. The van der Waals surface area contributed by atoms with E-state index >= 15 is 0 Å². The normalized spacial score (nSPS) is 11.6. The molecule has 0 aromatic heterocycles. The number of aliphatic carboxylic acids is 1. The quantitative estimate of drug-likeness (QED) is 0.765. The van der Waals surface area contributed by atoms with E-state index in [2.05, 4.69) is 4.72 Å². The minimum atomic E-state index is -3.77. The number of hydrogen-bond donors (Lipinski definition) is 2. The second kappa shape index (κ2) is 7.42. The highest BCUT2D eigenvalue weighted by Crippen LogP contribution is 2.22. The van der Waals surface area contributed by atoms with Gasteiger partial charge in [-0.05, 0) is 24.5 Å². The molecule has 0 amide bonds. The Kier molecular flexibility index (Phi) is 6.17. The van der Waals surface area contributed by atoms with Crippen LogP contribution in [0.4, 0.5) is 5.69 Å². The number of aryl methyl sites for hydroxylation is 1. The van der Waals surface area contributed by atoms with Crippen molar-refractivity contribution in [2.75, 3.05) is 17.4 Å². The molecule has 0 aliphatic heterocycles. The molecule has 7 heteroatoms. The molecule has 0 atom stereocenters. The van der Waals surface area contributed by atoms with Gasteiger partial charge in [0.2, 0.25) is 0 Å². The first-order valence-electron chi connectivity index (χ1n) is 6.79. The fraction of sp³-hybridized carbons (Fsp3) is 0.500. The number of carboxylic acids is 1. The second-order valence-electron chi connectivity index (χ2n) is 5.25. The van der Waals surface area contributed by atoms with E-state index in [1.165, 1.54) is 0 Å². The van der Waals surface area contributed by atoms with E-state index in [9.17, 15) is 13.2 Å². The fourth-order valence-electron chi connectivity index (χ4n) is 1.76.